The molecule has 0 aliphatic carbocycles. The van der Waals surface area contributed by atoms with Crippen molar-refractivity contribution in [2.24, 2.45) is 0 Å². The number of nitrogens with zero attached hydrogens (tertiary/aromatic N) is 1. The Morgan fingerprint density at radius 1 is 1.69 bits per heavy atom. The number of halogens is 2. The van der Waals surface area contributed by atoms with Crippen molar-refractivity contribution in [3.63, 3.8) is 0 Å². The smallest absolute Gasteiger partial charge is 0.225 e. The van der Waals surface area contributed by atoms with E-state index in [4.69, 9.17) is 4.74 Å². The molecule has 0 saturated carbocycles. The first-order valence-electron chi connectivity index (χ1n) is 4.73. The van der Waals surface area contributed by atoms with Crippen LogP contribution in [0.4, 0.5) is 10.2 Å². The largest absolute Gasteiger partial charge is 0.385 e. The number of nitrogens with one attached hydrogen (secondary N) is 1. The van der Waals surface area contributed by atoms with Gasteiger partial charge in [0.1, 0.15) is 11.6 Å². The Balaban J connectivity index is 2.49. The molecule has 0 spiro atoms. The summed E-state index contributed by atoms with van der Waals surface area (Å²) in [6.45, 7) is 0.543. The minimum atomic E-state index is -0.415. The van der Waals surface area contributed by atoms with Crippen molar-refractivity contribution >= 4 is 34.3 Å². The highest BCUT2D eigenvalue weighted by Crippen LogP contribution is 2.16. The van der Waals surface area contributed by atoms with E-state index in [0.717, 1.165) is 6.20 Å². The van der Waals surface area contributed by atoms with Crippen molar-refractivity contribution in [2.75, 3.05) is 19.0 Å². The number of methoxy groups -OCH3 is 1. The lowest BCUT2D eigenvalue weighted by molar-refractivity contribution is -0.116. The van der Waals surface area contributed by atoms with Gasteiger partial charge in [0.25, 0.3) is 0 Å². The maximum atomic E-state index is 12.7. The fourth-order valence-corrected chi connectivity index (χ4v) is 1.65. The molecule has 6 heteroatoms. The molecule has 1 amide bonds. The molecule has 1 N–H and O–H groups in total. The third-order valence-corrected chi connectivity index (χ3v) is 2.64. The van der Waals surface area contributed by atoms with Gasteiger partial charge >= 0.3 is 0 Å². The average Bonchev–Trinajstić information content (AvgIpc) is 2.23. The number of ether oxygens (including phenoxy) is 1. The highest BCUT2D eigenvalue weighted by Gasteiger charge is 2.07. The lowest BCUT2D eigenvalue weighted by Crippen LogP contribution is -2.14. The summed E-state index contributed by atoms with van der Waals surface area (Å²) in [5.74, 6) is -0.166. The first-order chi connectivity index (χ1) is 7.63. The van der Waals surface area contributed by atoms with Crippen LogP contribution in [-0.4, -0.2) is 24.6 Å². The molecule has 1 aromatic heterocycles. The predicted molar refractivity (Wildman–Crippen MR) is 66.7 cm³/mol. The van der Waals surface area contributed by atoms with Gasteiger partial charge in [-0.2, -0.15) is 0 Å². The second-order valence-electron chi connectivity index (χ2n) is 3.13. The van der Waals surface area contributed by atoms with Crippen LogP contribution < -0.4 is 5.32 Å². The van der Waals surface area contributed by atoms with E-state index in [2.05, 4.69) is 10.3 Å². The summed E-state index contributed by atoms with van der Waals surface area (Å²) in [6.07, 6.45) is 2.09. The van der Waals surface area contributed by atoms with Gasteiger partial charge in [-0.05, 0) is 35.1 Å². The van der Waals surface area contributed by atoms with Crippen LogP contribution in [0.1, 0.15) is 12.8 Å². The molecule has 0 unspecified atom stereocenters. The minimum Gasteiger partial charge on any atom is -0.385 e. The summed E-state index contributed by atoms with van der Waals surface area (Å²) in [5, 5.41) is 2.62. The van der Waals surface area contributed by atoms with Crippen LogP contribution in [0.2, 0.25) is 0 Å². The Morgan fingerprint density at radius 3 is 3.06 bits per heavy atom. The van der Waals surface area contributed by atoms with E-state index in [9.17, 15) is 9.18 Å². The highest BCUT2D eigenvalue weighted by atomic mass is 127. The van der Waals surface area contributed by atoms with Gasteiger partial charge in [0, 0.05) is 20.1 Å². The first kappa shape index (κ1) is 13.3. The molecule has 0 fully saturated rings. The van der Waals surface area contributed by atoms with Crippen molar-refractivity contribution in [3.8, 4) is 0 Å². The molecule has 1 heterocycles. The third-order valence-electron chi connectivity index (χ3n) is 1.82. The molecule has 4 nitrogen and oxygen atoms in total. The Morgan fingerprint density at radius 2 is 2.44 bits per heavy atom. The van der Waals surface area contributed by atoms with E-state index < -0.39 is 5.82 Å². The third kappa shape index (κ3) is 4.40. The van der Waals surface area contributed by atoms with Crippen LogP contribution in [0, 0.1) is 9.39 Å². The van der Waals surface area contributed by atoms with Crippen LogP contribution >= 0.6 is 22.6 Å². The molecule has 16 heavy (non-hydrogen) atoms. The zero-order chi connectivity index (χ0) is 12.0. The van der Waals surface area contributed by atoms with Crippen molar-refractivity contribution in [1.29, 1.82) is 0 Å². The zero-order valence-corrected chi connectivity index (χ0v) is 11.0. The van der Waals surface area contributed by atoms with Gasteiger partial charge in [-0.1, -0.05) is 0 Å². The Kier molecular flexibility index (Phi) is 5.61. The summed E-state index contributed by atoms with van der Waals surface area (Å²) >= 11 is 1.92. The average molecular weight is 338 g/mol. The lowest BCUT2D eigenvalue weighted by atomic mass is 10.3. The van der Waals surface area contributed by atoms with Crippen LogP contribution in [0.3, 0.4) is 0 Å². The van der Waals surface area contributed by atoms with E-state index in [1.807, 2.05) is 22.6 Å². The molecule has 1 rings (SSSR count). The van der Waals surface area contributed by atoms with E-state index >= 15 is 0 Å². The van der Waals surface area contributed by atoms with Gasteiger partial charge in [-0.3, -0.25) is 4.79 Å². The second-order valence-corrected chi connectivity index (χ2v) is 4.29. The topological polar surface area (TPSA) is 51.2 Å². The van der Waals surface area contributed by atoms with E-state index in [-0.39, 0.29) is 5.91 Å². The van der Waals surface area contributed by atoms with E-state index in [1.54, 1.807) is 7.11 Å². The molecule has 0 aliphatic heterocycles. The molecular formula is C10H12FIN2O2. The molecule has 0 aliphatic rings. The number of aromatic nitrogens is 1. The monoisotopic (exact) mass is 338 g/mol. The van der Waals surface area contributed by atoms with Gasteiger partial charge in [0.05, 0.1) is 9.77 Å². The van der Waals surface area contributed by atoms with Gasteiger partial charge in [-0.25, -0.2) is 9.37 Å². The number of pyridine rings is 1. The van der Waals surface area contributed by atoms with Crippen LogP contribution in [0.15, 0.2) is 12.3 Å². The normalized spacial score (nSPS) is 10.2. The summed E-state index contributed by atoms with van der Waals surface area (Å²) in [4.78, 5) is 15.2. The van der Waals surface area contributed by atoms with Gasteiger partial charge in [0.15, 0.2) is 0 Å². The molecule has 1 aromatic rings. The maximum Gasteiger partial charge on any atom is 0.225 e. The van der Waals surface area contributed by atoms with Crippen molar-refractivity contribution < 1.29 is 13.9 Å². The van der Waals surface area contributed by atoms with Crippen molar-refractivity contribution in [2.45, 2.75) is 12.8 Å². The van der Waals surface area contributed by atoms with E-state index in [1.165, 1.54) is 6.07 Å². The SMILES string of the molecule is COCCCC(=O)Nc1ncc(F)cc1I. The fraction of sp³-hybridized carbons (Fsp3) is 0.400. The lowest BCUT2D eigenvalue weighted by Gasteiger charge is -2.05. The summed E-state index contributed by atoms with van der Waals surface area (Å²) in [6, 6.07) is 1.32. The Bertz CT molecular complexity index is 374. The molecule has 0 atom stereocenters. The number of anilines is 1. The molecule has 0 radical (unpaired) electrons. The quantitative estimate of drug-likeness (QED) is 0.662. The summed E-state index contributed by atoms with van der Waals surface area (Å²) in [5.41, 5.74) is 0. The Hall–Kier alpha value is -0.760. The molecule has 88 valence electrons. The summed E-state index contributed by atoms with van der Waals surface area (Å²) in [7, 11) is 1.59. The number of hydrogen-bond donors (Lipinski definition) is 1. The standard InChI is InChI=1S/C10H12FIN2O2/c1-16-4-2-3-9(15)14-10-8(12)5-7(11)6-13-10/h5-6H,2-4H2,1H3,(H,13,14,15). The van der Waals surface area contributed by atoms with Gasteiger partial charge in [0.2, 0.25) is 5.91 Å². The fourth-order valence-electron chi connectivity index (χ4n) is 1.08. The number of carbonyl (C=O) groups excluding carboxylic acids is 1. The second kappa shape index (κ2) is 6.74. The summed E-state index contributed by atoms with van der Waals surface area (Å²) < 4.78 is 18.2. The zero-order valence-electron chi connectivity index (χ0n) is 8.80. The molecule has 0 saturated heterocycles. The van der Waals surface area contributed by atoms with Crippen LogP contribution in [0.5, 0.6) is 0 Å². The number of hydrogen-bond acceptors (Lipinski definition) is 3. The number of amides is 1. The molecular weight excluding hydrogens is 326 g/mol. The van der Waals surface area contributed by atoms with Gasteiger partial charge in [-0.15, -0.1) is 0 Å². The minimum absolute atomic E-state index is 0.144. The Labute approximate surface area is 107 Å². The van der Waals surface area contributed by atoms with Crippen LogP contribution in [-0.2, 0) is 9.53 Å². The molecule has 0 aromatic carbocycles. The number of carbonyl (C=O) groups is 1. The highest BCUT2D eigenvalue weighted by molar-refractivity contribution is 14.1. The van der Waals surface area contributed by atoms with Crippen molar-refractivity contribution in [1.82, 2.24) is 4.98 Å². The van der Waals surface area contributed by atoms with Crippen LogP contribution in [0.25, 0.3) is 0 Å². The first-order valence-corrected chi connectivity index (χ1v) is 5.81. The van der Waals surface area contributed by atoms with Gasteiger partial charge < -0.3 is 10.1 Å². The molecule has 0 bridgehead atoms. The maximum absolute atomic E-state index is 12.7. The predicted octanol–water partition coefficient (Wildman–Crippen LogP) is 2.19. The number of rotatable bonds is 5. The van der Waals surface area contributed by atoms with Crippen molar-refractivity contribution in [3.05, 3.63) is 21.7 Å². The van der Waals surface area contributed by atoms with E-state index in [0.29, 0.717) is 28.8 Å².